The molecule has 1 fully saturated rings. The molecular formula is C13H28N2. The second-order valence-corrected chi connectivity index (χ2v) is 5.53. The van der Waals surface area contributed by atoms with Gasteiger partial charge in [0.1, 0.15) is 0 Å². The zero-order valence-electron chi connectivity index (χ0n) is 10.9. The average molecular weight is 212 g/mol. The maximum absolute atomic E-state index is 3.60. The highest BCUT2D eigenvalue weighted by atomic mass is 15.2. The van der Waals surface area contributed by atoms with Crippen molar-refractivity contribution in [2.45, 2.75) is 59.0 Å². The van der Waals surface area contributed by atoms with Gasteiger partial charge >= 0.3 is 0 Å². The van der Waals surface area contributed by atoms with Gasteiger partial charge in [0.2, 0.25) is 0 Å². The molecule has 1 atom stereocenters. The number of hydrogen-bond donors (Lipinski definition) is 1. The van der Waals surface area contributed by atoms with Crippen molar-refractivity contribution in [3.63, 3.8) is 0 Å². The molecule has 0 aliphatic carbocycles. The van der Waals surface area contributed by atoms with E-state index in [2.05, 4.69) is 37.9 Å². The Morgan fingerprint density at radius 2 is 1.93 bits per heavy atom. The van der Waals surface area contributed by atoms with Crippen LogP contribution in [0.3, 0.4) is 0 Å². The molecule has 1 aliphatic heterocycles. The van der Waals surface area contributed by atoms with Gasteiger partial charge in [-0.1, -0.05) is 20.3 Å². The Morgan fingerprint density at radius 3 is 2.53 bits per heavy atom. The monoisotopic (exact) mass is 212 g/mol. The van der Waals surface area contributed by atoms with Crippen LogP contribution >= 0.6 is 0 Å². The van der Waals surface area contributed by atoms with Crippen molar-refractivity contribution >= 4 is 0 Å². The minimum absolute atomic E-state index is 0.705. The van der Waals surface area contributed by atoms with Gasteiger partial charge in [-0.15, -0.1) is 0 Å². The zero-order valence-corrected chi connectivity index (χ0v) is 10.9. The Kier molecular flexibility index (Phi) is 5.62. The number of hydrogen-bond acceptors (Lipinski definition) is 2. The summed E-state index contributed by atoms with van der Waals surface area (Å²) in [4.78, 5) is 2.66. The van der Waals surface area contributed by atoms with Crippen LogP contribution in [0.5, 0.6) is 0 Å². The van der Waals surface area contributed by atoms with E-state index in [9.17, 15) is 0 Å². The summed E-state index contributed by atoms with van der Waals surface area (Å²) in [6, 6.07) is 1.48. The first kappa shape index (κ1) is 13.0. The van der Waals surface area contributed by atoms with Crippen molar-refractivity contribution in [3.05, 3.63) is 0 Å². The summed E-state index contributed by atoms with van der Waals surface area (Å²) < 4.78 is 0. The topological polar surface area (TPSA) is 15.3 Å². The molecule has 1 unspecified atom stereocenters. The second kappa shape index (κ2) is 6.49. The molecule has 15 heavy (non-hydrogen) atoms. The third-order valence-corrected chi connectivity index (χ3v) is 3.27. The summed E-state index contributed by atoms with van der Waals surface area (Å²) in [5.74, 6) is 0.765. The molecule has 1 saturated heterocycles. The Morgan fingerprint density at radius 1 is 1.20 bits per heavy atom. The van der Waals surface area contributed by atoms with Gasteiger partial charge in [0.15, 0.2) is 0 Å². The molecule has 2 heteroatoms. The molecule has 0 radical (unpaired) electrons. The number of piperidine rings is 1. The number of nitrogens with zero attached hydrogens (tertiary/aromatic N) is 1. The van der Waals surface area contributed by atoms with Crippen LogP contribution in [0, 0.1) is 5.92 Å². The lowest BCUT2D eigenvalue weighted by molar-refractivity contribution is 0.110. The summed E-state index contributed by atoms with van der Waals surface area (Å²) in [5, 5.41) is 3.60. The Hall–Kier alpha value is -0.0800. The highest BCUT2D eigenvalue weighted by Gasteiger charge is 2.23. The fourth-order valence-corrected chi connectivity index (χ4v) is 2.46. The van der Waals surface area contributed by atoms with E-state index in [4.69, 9.17) is 0 Å². The third-order valence-electron chi connectivity index (χ3n) is 3.27. The van der Waals surface area contributed by atoms with E-state index in [1.165, 1.54) is 32.4 Å². The molecule has 0 amide bonds. The van der Waals surface area contributed by atoms with Crippen molar-refractivity contribution in [3.8, 4) is 0 Å². The van der Waals surface area contributed by atoms with E-state index in [1.807, 2.05) is 0 Å². The van der Waals surface area contributed by atoms with E-state index in [-0.39, 0.29) is 0 Å². The fraction of sp³-hybridized carbons (Fsp3) is 1.00. The first-order valence-electron chi connectivity index (χ1n) is 6.57. The number of rotatable bonds is 5. The molecule has 0 bridgehead atoms. The van der Waals surface area contributed by atoms with Crippen LogP contribution in [-0.2, 0) is 0 Å². The summed E-state index contributed by atoms with van der Waals surface area (Å²) in [7, 11) is 0. The van der Waals surface area contributed by atoms with Crippen molar-refractivity contribution < 1.29 is 0 Å². The van der Waals surface area contributed by atoms with Gasteiger partial charge in [-0.3, -0.25) is 4.90 Å². The van der Waals surface area contributed by atoms with Gasteiger partial charge in [-0.25, -0.2) is 0 Å². The molecule has 1 aliphatic rings. The van der Waals surface area contributed by atoms with Gasteiger partial charge < -0.3 is 5.32 Å². The van der Waals surface area contributed by atoms with Gasteiger partial charge in [0, 0.05) is 18.6 Å². The van der Waals surface area contributed by atoms with Crippen molar-refractivity contribution in [2.75, 3.05) is 19.6 Å². The quantitative estimate of drug-likeness (QED) is 0.753. The van der Waals surface area contributed by atoms with E-state index in [0.717, 1.165) is 18.5 Å². The SMILES string of the molecule is CC(C)CNCC1CCCCN1C(C)C. The van der Waals surface area contributed by atoms with Crippen LogP contribution in [0.2, 0.25) is 0 Å². The summed E-state index contributed by atoms with van der Waals surface area (Å²) in [6.07, 6.45) is 4.18. The van der Waals surface area contributed by atoms with Crippen LogP contribution < -0.4 is 5.32 Å². The highest BCUT2D eigenvalue weighted by molar-refractivity contribution is 4.80. The predicted molar refractivity (Wildman–Crippen MR) is 67.2 cm³/mol. The van der Waals surface area contributed by atoms with E-state index >= 15 is 0 Å². The van der Waals surface area contributed by atoms with Crippen LogP contribution in [0.4, 0.5) is 0 Å². The first-order valence-corrected chi connectivity index (χ1v) is 6.57. The van der Waals surface area contributed by atoms with Crippen LogP contribution in [0.1, 0.15) is 47.0 Å². The van der Waals surface area contributed by atoms with Gasteiger partial charge in [-0.05, 0) is 45.7 Å². The lowest BCUT2D eigenvalue weighted by atomic mass is 10.00. The predicted octanol–water partition coefficient (Wildman–Crippen LogP) is 2.49. The molecule has 0 aromatic rings. The smallest absolute Gasteiger partial charge is 0.0223 e. The van der Waals surface area contributed by atoms with E-state index < -0.39 is 0 Å². The Bertz CT molecular complexity index is 166. The Labute approximate surface area is 95.4 Å². The average Bonchev–Trinajstić information content (AvgIpc) is 2.17. The first-order chi connectivity index (χ1) is 7.11. The fourth-order valence-electron chi connectivity index (χ4n) is 2.46. The molecule has 1 N–H and O–H groups in total. The zero-order chi connectivity index (χ0) is 11.3. The van der Waals surface area contributed by atoms with Gasteiger partial charge in [0.05, 0.1) is 0 Å². The van der Waals surface area contributed by atoms with Gasteiger partial charge in [-0.2, -0.15) is 0 Å². The molecule has 2 nitrogen and oxygen atoms in total. The maximum Gasteiger partial charge on any atom is 0.0223 e. The minimum atomic E-state index is 0.705. The van der Waals surface area contributed by atoms with E-state index in [0.29, 0.717) is 6.04 Å². The van der Waals surface area contributed by atoms with Crippen molar-refractivity contribution in [1.29, 1.82) is 0 Å². The molecule has 0 spiro atoms. The van der Waals surface area contributed by atoms with Crippen LogP contribution in [0.25, 0.3) is 0 Å². The second-order valence-electron chi connectivity index (χ2n) is 5.53. The molecule has 0 saturated carbocycles. The normalized spacial score (nSPS) is 24.0. The molecule has 0 aromatic heterocycles. The third kappa shape index (κ3) is 4.52. The molecule has 90 valence electrons. The molecule has 0 aromatic carbocycles. The summed E-state index contributed by atoms with van der Waals surface area (Å²) in [5.41, 5.74) is 0. The van der Waals surface area contributed by atoms with Crippen LogP contribution in [-0.4, -0.2) is 36.6 Å². The van der Waals surface area contributed by atoms with Crippen LogP contribution in [0.15, 0.2) is 0 Å². The number of nitrogens with one attached hydrogen (secondary N) is 1. The molecule has 1 rings (SSSR count). The lowest BCUT2D eigenvalue weighted by Gasteiger charge is -2.39. The molecule has 1 heterocycles. The highest BCUT2D eigenvalue weighted by Crippen LogP contribution is 2.18. The standard InChI is InChI=1S/C13H28N2/c1-11(2)9-14-10-13-7-5-6-8-15(13)12(3)4/h11-14H,5-10H2,1-4H3. The number of likely N-dealkylation sites (tertiary alicyclic amines) is 1. The van der Waals surface area contributed by atoms with E-state index in [1.54, 1.807) is 0 Å². The summed E-state index contributed by atoms with van der Waals surface area (Å²) in [6.45, 7) is 12.8. The van der Waals surface area contributed by atoms with Crippen molar-refractivity contribution in [1.82, 2.24) is 10.2 Å². The summed E-state index contributed by atoms with van der Waals surface area (Å²) >= 11 is 0. The van der Waals surface area contributed by atoms with Gasteiger partial charge in [0.25, 0.3) is 0 Å². The molecular weight excluding hydrogens is 184 g/mol. The Balaban J connectivity index is 2.29. The maximum atomic E-state index is 3.60. The largest absolute Gasteiger partial charge is 0.315 e. The lowest BCUT2D eigenvalue weighted by Crippen LogP contribution is -2.49. The minimum Gasteiger partial charge on any atom is -0.315 e. The van der Waals surface area contributed by atoms with Crippen molar-refractivity contribution in [2.24, 2.45) is 5.92 Å².